The number of aromatic nitrogens is 3. The van der Waals surface area contributed by atoms with Crippen LogP contribution >= 0.6 is 0 Å². The van der Waals surface area contributed by atoms with Crippen LogP contribution in [0.3, 0.4) is 0 Å². The molecule has 0 fully saturated rings. The number of pyridine rings is 1. The predicted octanol–water partition coefficient (Wildman–Crippen LogP) is 1.88. The zero-order chi connectivity index (χ0) is 14.5. The Kier molecular flexibility index (Phi) is 4.68. The molecule has 2 heterocycles. The average molecular weight is 275 g/mol. The molecule has 0 aromatic carbocycles. The van der Waals surface area contributed by atoms with Crippen LogP contribution in [-0.2, 0) is 0 Å². The maximum atomic E-state index is 9.45. The Labute approximate surface area is 118 Å². The van der Waals surface area contributed by atoms with Crippen LogP contribution in [0.15, 0.2) is 12.3 Å². The number of hydrogen-bond acceptors (Lipinski definition) is 6. The molecule has 0 bridgehead atoms. The molecule has 20 heavy (non-hydrogen) atoms. The van der Waals surface area contributed by atoms with Crippen molar-refractivity contribution in [2.24, 2.45) is 0 Å². The molecule has 0 radical (unpaired) electrons. The Balaban J connectivity index is 2.35. The van der Waals surface area contributed by atoms with Crippen molar-refractivity contribution in [2.45, 2.75) is 39.2 Å². The van der Waals surface area contributed by atoms with Gasteiger partial charge < -0.3 is 16.2 Å². The third-order valence-electron chi connectivity index (χ3n) is 3.27. The van der Waals surface area contributed by atoms with E-state index >= 15 is 0 Å². The molecule has 0 aliphatic rings. The van der Waals surface area contributed by atoms with Crippen molar-refractivity contribution in [3.05, 3.63) is 17.8 Å². The first-order chi connectivity index (χ1) is 9.65. The number of hydrogen-bond donors (Lipinski definition) is 3. The number of nitrogens with two attached hydrogens (primary N) is 1. The van der Waals surface area contributed by atoms with Gasteiger partial charge in [-0.15, -0.1) is 0 Å². The van der Waals surface area contributed by atoms with Crippen molar-refractivity contribution in [3.63, 3.8) is 0 Å². The lowest BCUT2D eigenvalue weighted by Crippen LogP contribution is -2.25. The maximum absolute atomic E-state index is 9.45. The second kappa shape index (κ2) is 6.47. The molecule has 1 atom stereocenters. The summed E-state index contributed by atoms with van der Waals surface area (Å²) >= 11 is 0. The molecule has 4 N–H and O–H groups in total. The van der Waals surface area contributed by atoms with Gasteiger partial charge in [-0.1, -0.05) is 19.8 Å². The van der Waals surface area contributed by atoms with Gasteiger partial charge in [-0.2, -0.15) is 4.98 Å². The lowest BCUT2D eigenvalue weighted by Gasteiger charge is -2.17. The molecule has 0 amide bonds. The molecule has 2 aromatic rings. The van der Waals surface area contributed by atoms with Gasteiger partial charge in [0.05, 0.1) is 18.2 Å². The number of fused-ring (bicyclic) bond motifs is 1. The second-order valence-corrected chi connectivity index (χ2v) is 4.92. The first-order valence-electron chi connectivity index (χ1n) is 6.92. The van der Waals surface area contributed by atoms with Crippen LogP contribution in [0.5, 0.6) is 0 Å². The highest BCUT2D eigenvalue weighted by Gasteiger charge is 2.13. The summed E-state index contributed by atoms with van der Waals surface area (Å²) in [4.78, 5) is 12.8. The van der Waals surface area contributed by atoms with E-state index in [0.717, 1.165) is 30.3 Å². The number of anilines is 2. The first kappa shape index (κ1) is 14.5. The largest absolute Gasteiger partial charge is 0.394 e. The van der Waals surface area contributed by atoms with Gasteiger partial charge in [0, 0.05) is 6.20 Å². The lowest BCUT2D eigenvalue weighted by molar-refractivity contribution is 0.267. The van der Waals surface area contributed by atoms with E-state index in [0.29, 0.717) is 11.3 Å². The Hall–Kier alpha value is -1.95. The standard InChI is InChI=1S/C14H21N5O/c1-3-4-5-10(8-20)17-13-12-11(18-14(15)19-13)9(2)6-7-16-12/h6-7,10,20H,3-5,8H2,1-2H3,(H3,15,17,18,19). The molecule has 0 aliphatic carbocycles. The minimum Gasteiger partial charge on any atom is -0.394 e. The third-order valence-corrected chi connectivity index (χ3v) is 3.27. The average Bonchev–Trinajstić information content (AvgIpc) is 2.44. The topological polar surface area (TPSA) is 97.0 Å². The van der Waals surface area contributed by atoms with Crippen molar-refractivity contribution in [2.75, 3.05) is 17.7 Å². The van der Waals surface area contributed by atoms with Crippen LogP contribution in [-0.4, -0.2) is 32.7 Å². The fourth-order valence-electron chi connectivity index (χ4n) is 2.13. The van der Waals surface area contributed by atoms with Crippen LogP contribution in [0.2, 0.25) is 0 Å². The van der Waals surface area contributed by atoms with E-state index in [1.165, 1.54) is 0 Å². The molecule has 1 unspecified atom stereocenters. The Bertz CT molecular complexity index is 587. The lowest BCUT2D eigenvalue weighted by atomic mass is 10.1. The number of nitrogen functional groups attached to an aromatic ring is 1. The summed E-state index contributed by atoms with van der Waals surface area (Å²) in [6, 6.07) is 1.84. The molecule has 0 aliphatic heterocycles. The van der Waals surface area contributed by atoms with E-state index < -0.39 is 0 Å². The molecule has 0 saturated carbocycles. The Morgan fingerprint density at radius 2 is 2.15 bits per heavy atom. The van der Waals surface area contributed by atoms with E-state index in [1.54, 1.807) is 6.20 Å². The zero-order valence-electron chi connectivity index (χ0n) is 11.9. The molecule has 108 valence electrons. The fraction of sp³-hybridized carbons (Fsp3) is 0.500. The summed E-state index contributed by atoms with van der Waals surface area (Å²) in [6.45, 7) is 4.13. The summed E-state index contributed by atoms with van der Waals surface area (Å²) in [5, 5.41) is 12.7. The summed E-state index contributed by atoms with van der Waals surface area (Å²) in [5.74, 6) is 0.801. The van der Waals surface area contributed by atoms with E-state index in [4.69, 9.17) is 5.73 Å². The molecule has 6 heteroatoms. The number of rotatable bonds is 6. The van der Waals surface area contributed by atoms with Crippen molar-refractivity contribution >= 4 is 22.8 Å². The van der Waals surface area contributed by atoms with Gasteiger partial charge in [0.1, 0.15) is 5.52 Å². The monoisotopic (exact) mass is 275 g/mol. The van der Waals surface area contributed by atoms with E-state index in [2.05, 4.69) is 27.2 Å². The van der Waals surface area contributed by atoms with Crippen LogP contribution in [0, 0.1) is 6.92 Å². The summed E-state index contributed by atoms with van der Waals surface area (Å²) < 4.78 is 0. The SMILES string of the molecule is CCCCC(CO)Nc1nc(N)nc2c(C)ccnc12. The van der Waals surface area contributed by atoms with Crippen molar-refractivity contribution in [3.8, 4) is 0 Å². The first-order valence-corrected chi connectivity index (χ1v) is 6.92. The van der Waals surface area contributed by atoms with Gasteiger partial charge in [0.2, 0.25) is 5.95 Å². The molecule has 0 saturated heterocycles. The normalized spacial score (nSPS) is 12.6. The Morgan fingerprint density at radius 1 is 1.35 bits per heavy atom. The smallest absolute Gasteiger partial charge is 0.222 e. The Morgan fingerprint density at radius 3 is 2.85 bits per heavy atom. The van der Waals surface area contributed by atoms with Crippen LogP contribution in [0.25, 0.3) is 11.0 Å². The van der Waals surface area contributed by atoms with Gasteiger partial charge in [-0.05, 0) is 25.0 Å². The van der Waals surface area contributed by atoms with Crippen molar-refractivity contribution in [1.29, 1.82) is 0 Å². The molecule has 2 rings (SSSR count). The highest BCUT2D eigenvalue weighted by molar-refractivity contribution is 5.88. The fourth-order valence-corrected chi connectivity index (χ4v) is 2.13. The van der Waals surface area contributed by atoms with Crippen molar-refractivity contribution in [1.82, 2.24) is 15.0 Å². The number of nitrogens with zero attached hydrogens (tertiary/aromatic N) is 3. The van der Waals surface area contributed by atoms with Crippen LogP contribution < -0.4 is 11.1 Å². The predicted molar refractivity (Wildman–Crippen MR) is 80.5 cm³/mol. The molecule has 6 nitrogen and oxygen atoms in total. The van der Waals surface area contributed by atoms with Gasteiger partial charge >= 0.3 is 0 Å². The van der Waals surface area contributed by atoms with E-state index in [9.17, 15) is 5.11 Å². The van der Waals surface area contributed by atoms with Gasteiger partial charge in [-0.25, -0.2) is 4.98 Å². The molecular formula is C14H21N5O. The summed E-state index contributed by atoms with van der Waals surface area (Å²) in [6.07, 6.45) is 4.73. The maximum Gasteiger partial charge on any atom is 0.222 e. The van der Waals surface area contributed by atoms with Gasteiger partial charge in [-0.3, -0.25) is 4.98 Å². The zero-order valence-corrected chi connectivity index (χ0v) is 11.9. The highest BCUT2D eigenvalue weighted by atomic mass is 16.3. The van der Waals surface area contributed by atoms with E-state index in [1.807, 2.05) is 13.0 Å². The molecular weight excluding hydrogens is 254 g/mol. The number of nitrogens with one attached hydrogen (secondary N) is 1. The summed E-state index contributed by atoms with van der Waals surface area (Å²) in [7, 11) is 0. The highest BCUT2D eigenvalue weighted by Crippen LogP contribution is 2.22. The number of unbranched alkanes of at least 4 members (excludes halogenated alkanes) is 1. The minimum absolute atomic E-state index is 0.0465. The quantitative estimate of drug-likeness (QED) is 0.744. The van der Waals surface area contributed by atoms with Gasteiger partial charge in [0.25, 0.3) is 0 Å². The number of aliphatic hydroxyl groups is 1. The second-order valence-electron chi connectivity index (χ2n) is 4.92. The van der Waals surface area contributed by atoms with Gasteiger partial charge in [0.15, 0.2) is 5.82 Å². The third kappa shape index (κ3) is 3.14. The summed E-state index contributed by atoms with van der Waals surface area (Å²) in [5.41, 5.74) is 8.19. The van der Waals surface area contributed by atoms with Crippen LogP contribution in [0.1, 0.15) is 31.7 Å². The van der Waals surface area contributed by atoms with Crippen LogP contribution in [0.4, 0.5) is 11.8 Å². The van der Waals surface area contributed by atoms with Crippen molar-refractivity contribution < 1.29 is 5.11 Å². The van der Waals surface area contributed by atoms with E-state index in [-0.39, 0.29) is 18.6 Å². The number of aryl methyl sites for hydroxylation is 1. The number of aliphatic hydroxyl groups excluding tert-OH is 1. The molecule has 0 spiro atoms. The minimum atomic E-state index is -0.0465. The molecule has 2 aromatic heterocycles.